The fraction of sp³-hybridized carbons (Fsp3) is 0.455. The van der Waals surface area contributed by atoms with E-state index >= 15 is 0 Å². The van der Waals surface area contributed by atoms with Crippen LogP contribution in [0.2, 0.25) is 0 Å². The highest BCUT2D eigenvalue weighted by molar-refractivity contribution is 6.11. The fourth-order valence-corrected chi connectivity index (χ4v) is 5.12. The fourth-order valence-electron chi connectivity index (χ4n) is 5.12. The van der Waals surface area contributed by atoms with E-state index in [2.05, 4.69) is 11.8 Å². The molecule has 1 aromatic rings. The zero-order valence-corrected chi connectivity index (χ0v) is 25.6. The Morgan fingerprint density at radius 1 is 0.930 bits per heavy atom. The molecule has 2 amide bonds. The van der Waals surface area contributed by atoms with Crippen molar-refractivity contribution < 1.29 is 33.3 Å². The molecule has 10 nitrogen and oxygen atoms in total. The van der Waals surface area contributed by atoms with E-state index in [0.29, 0.717) is 37.0 Å². The molecule has 226 valence electrons. The van der Waals surface area contributed by atoms with Crippen LogP contribution >= 0.6 is 0 Å². The van der Waals surface area contributed by atoms with Crippen molar-refractivity contribution in [2.45, 2.75) is 65.2 Å². The highest BCUT2D eigenvalue weighted by Gasteiger charge is 2.65. The van der Waals surface area contributed by atoms with E-state index in [1.54, 1.807) is 48.5 Å². The molecule has 0 saturated carbocycles. The Balaban J connectivity index is 1.63. The lowest BCUT2D eigenvalue weighted by Gasteiger charge is -2.53. The zero-order chi connectivity index (χ0) is 31.0. The molecule has 1 fully saturated rings. The van der Waals surface area contributed by atoms with Crippen molar-refractivity contribution in [2.75, 3.05) is 26.4 Å². The first-order valence-corrected chi connectivity index (χ1v) is 14.2. The first-order valence-electron chi connectivity index (χ1n) is 14.2. The quantitative estimate of drug-likeness (QED) is 0.383. The summed E-state index contributed by atoms with van der Waals surface area (Å²) in [6.07, 6.45) is 7.58. The summed E-state index contributed by atoms with van der Waals surface area (Å²) in [6.45, 7) is 13.1. The first-order chi connectivity index (χ1) is 20.3. The number of hydrogen-bond donors (Lipinski definition) is 0. The summed E-state index contributed by atoms with van der Waals surface area (Å²) in [5.41, 5.74) is -0.498. The lowest BCUT2D eigenvalue weighted by Crippen LogP contribution is -2.63. The Hall–Kier alpha value is -4.36. The van der Waals surface area contributed by atoms with E-state index in [-0.39, 0.29) is 12.6 Å². The number of nitrogens with zero attached hydrogens (tertiary/aromatic N) is 3. The Kier molecular flexibility index (Phi) is 7.73. The molecule has 0 aliphatic carbocycles. The summed E-state index contributed by atoms with van der Waals surface area (Å²) >= 11 is 0. The number of amidine groups is 1. The minimum absolute atomic E-state index is 0.0467. The van der Waals surface area contributed by atoms with Crippen LogP contribution in [-0.2, 0) is 24.5 Å². The van der Waals surface area contributed by atoms with Gasteiger partial charge in [-0.3, -0.25) is 0 Å². The third-order valence-corrected chi connectivity index (χ3v) is 7.12. The van der Waals surface area contributed by atoms with E-state index in [1.807, 2.05) is 48.6 Å². The maximum atomic E-state index is 13.4. The number of benzene rings is 1. The zero-order valence-electron chi connectivity index (χ0n) is 25.6. The van der Waals surface area contributed by atoms with Crippen molar-refractivity contribution in [1.82, 2.24) is 4.90 Å². The van der Waals surface area contributed by atoms with Crippen molar-refractivity contribution in [2.24, 2.45) is 15.4 Å². The monoisotopic (exact) mass is 587 g/mol. The molecule has 4 aliphatic rings. The van der Waals surface area contributed by atoms with Gasteiger partial charge in [0.2, 0.25) is 0 Å². The number of carbonyl (C=O) groups is 2. The molecule has 0 aromatic heterocycles. The van der Waals surface area contributed by atoms with Crippen LogP contribution in [0, 0.1) is 17.3 Å². The van der Waals surface area contributed by atoms with Crippen LogP contribution in [0.1, 0.15) is 59.6 Å². The van der Waals surface area contributed by atoms with Crippen LogP contribution in [0.25, 0.3) is 5.70 Å². The lowest BCUT2D eigenvalue weighted by molar-refractivity contribution is -0.185. The average Bonchev–Trinajstić information content (AvgIpc) is 3.28. The van der Waals surface area contributed by atoms with Crippen LogP contribution in [0.3, 0.4) is 0 Å². The molecule has 2 spiro atoms. The molecule has 0 radical (unpaired) electrons. The van der Waals surface area contributed by atoms with Crippen molar-refractivity contribution in [3.05, 3.63) is 59.7 Å². The standard InChI is InChI=1S/C33H37N3O7/c1-8-12-23-13-10-9-11-14-25(34-23)22-15-16-26-24(17-22)33(32(20-40-26)18-39-19-32)21-41-27(35-33)36(28(37)42-30(2,3)4)29(38)43-31(5,6)7/h9-11,13-17H,18-21H2,1-7H3/b10-9?,11-9+,13-10?,14-11?,23-13?,25-14-,34-23?,34-25?. The number of carbonyl (C=O) groups excluding carboxylic acids is 2. The predicted molar refractivity (Wildman–Crippen MR) is 162 cm³/mol. The number of imide groups is 1. The smallest absolute Gasteiger partial charge is 0.428 e. The summed E-state index contributed by atoms with van der Waals surface area (Å²) < 4.78 is 29.2. The molecule has 4 aliphatic heterocycles. The highest BCUT2D eigenvalue weighted by atomic mass is 16.6. The summed E-state index contributed by atoms with van der Waals surface area (Å²) in [7, 11) is 0. The van der Waals surface area contributed by atoms with Crippen molar-refractivity contribution >= 4 is 29.6 Å². The maximum absolute atomic E-state index is 13.4. The van der Waals surface area contributed by atoms with Crippen LogP contribution in [-0.4, -0.2) is 66.4 Å². The van der Waals surface area contributed by atoms with Gasteiger partial charge in [-0.15, -0.1) is 4.90 Å². The number of allylic oxidation sites excluding steroid dienone is 5. The second kappa shape index (κ2) is 11.0. The van der Waals surface area contributed by atoms with Gasteiger partial charge in [0.15, 0.2) is 0 Å². The number of rotatable bonds is 1. The number of fused-ring (bicyclic) bond motifs is 3. The van der Waals surface area contributed by atoms with Crippen LogP contribution < -0.4 is 4.74 Å². The number of amides is 2. The van der Waals surface area contributed by atoms with Gasteiger partial charge in [0.1, 0.15) is 41.4 Å². The second-order valence-electron chi connectivity index (χ2n) is 12.8. The van der Waals surface area contributed by atoms with Gasteiger partial charge < -0.3 is 23.7 Å². The van der Waals surface area contributed by atoms with Crippen molar-refractivity contribution in [1.29, 1.82) is 0 Å². The largest absolute Gasteiger partial charge is 0.492 e. The summed E-state index contributed by atoms with van der Waals surface area (Å²) in [5, 5.41) is 0. The van der Waals surface area contributed by atoms with Crippen LogP contribution in [0.4, 0.5) is 9.59 Å². The molecular weight excluding hydrogens is 550 g/mol. The summed E-state index contributed by atoms with van der Waals surface area (Å²) in [4.78, 5) is 37.3. The number of ether oxygens (including phenoxy) is 5. The van der Waals surface area contributed by atoms with Gasteiger partial charge in [-0.25, -0.2) is 19.6 Å². The third kappa shape index (κ3) is 5.95. The Morgan fingerprint density at radius 2 is 1.63 bits per heavy atom. The Morgan fingerprint density at radius 3 is 2.23 bits per heavy atom. The third-order valence-electron chi connectivity index (χ3n) is 7.12. The van der Waals surface area contributed by atoms with E-state index in [9.17, 15) is 9.59 Å². The van der Waals surface area contributed by atoms with Gasteiger partial charge in [-0.1, -0.05) is 24.1 Å². The van der Waals surface area contributed by atoms with Gasteiger partial charge >= 0.3 is 18.2 Å². The highest BCUT2D eigenvalue weighted by Crippen LogP contribution is 2.56. The van der Waals surface area contributed by atoms with Gasteiger partial charge in [0, 0.05) is 11.1 Å². The van der Waals surface area contributed by atoms with E-state index in [4.69, 9.17) is 33.7 Å². The van der Waals surface area contributed by atoms with E-state index in [0.717, 1.165) is 16.0 Å². The summed E-state index contributed by atoms with van der Waals surface area (Å²) in [6, 6.07) is 5.58. The minimum Gasteiger partial charge on any atom is -0.492 e. The van der Waals surface area contributed by atoms with Gasteiger partial charge in [-0.05, 0) is 84.7 Å². The maximum Gasteiger partial charge on any atom is 0.428 e. The van der Waals surface area contributed by atoms with Crippen LogP contribution in [0.5, 0.6) is 5.75 Å². The molecule has 1 atom stereocenters. The van der Waals surface area contributed by atoms with Gasteiger partial charge in [-0.2, -0.15) is 0 Å². The van der Waals surface area contributed by atoms with Crippen LogP contribution in [0.15, 0.2) is 58.6 Å². The Bertz CT molecular complexity index is 1510. The molecule has 0 bridgehead atoms. The van der Waals surface area contributed by atoms with Gasteiger partial charge in [0.05, 0.1) is 24.3 Å². The second-order valence-corrected chi connectivity index (χ2v) is 12.8. The summed E-state index contributed by atoms with van der Waals surface area (Å²) in [5.74, 6) is 6.55. The van der Waals surface area contributed by atoms with E-state index < -0.39 is 34.3 Å². The predicted octanol–water partition coefficient (Wildman–Crippen LogP) is 5.78. The lowest BCUT2D eigenvalue weighted by atomic mass is 9.64. The average molecular weight is 588 g/mol. The van der Waals surface area contributed by atoms with Crippen molar-refractivity contribution in [3.8, 4) is 17.6 Å². The van der Waals surface area contributed by atoms with Crippen molar-refractivity contribution in [3.63, 3.8) is 0 Å². The number of hydrogen-bond acceptors (Lipinski definition) is 9. The molecular formula is C33H37N3O7. The van der Waals surface area contributed by atoms with E-state index in [1.165, 1.54) is 0 Å². The molecule has 1 aromatic carbocycles. The Labute approximate surface area is 252 Å². The molecule has 43 heavy (non-hydrogen) atoms. The topological polar surface area (TPSA) is 108 Å². The minimum atomic E-state index is -1.03. The molecule has 1 unspecified atom stereocenters. The molecule has 10 heteroatoms. The molecule has 5 rings (SSSR count). The van der Waals surface area contributed by atoms with Gasteiger partial charge in [0.25, 0.3) is 0 Å². The number of aliphatic imine (C=N–C) groups is 2. The molecule has 4 heterocycles. The normalized spacial score (nSPS) is 23.7. The molecule has 1 saturated heterocycles. The first kappa shape index (κ1) is 30.1. The SMILES string of the molecule is CC#CC1=N/C(c2ccc3c(c2)C2(COC(N(C(=O)OC(C)(C)C)C(=O)OC(C)(C)C)=N2)C2(COC2)CO3)=C\C=C\C=C1. The molecule has 0 N–H and O–H groups in total.